The summed E-state index contributed by atoms with van der Waals surface area (Å²) in [6, 6.07) is -0.176. The number of methoxy groups -OCH3 is 1. The molecule has 0 aromatic rings. The second-order valence-corrected chi connectivity index (χ2v) is 7.72. The number of rotatable bonds is 8. The van der Waals surface area contributed by atoms with Gasteiger partial charge in [-0.05, 0) is 19.8 Å². The van der Waals surface area contributed by atoms with Crippen LogP contribution in [0.3, 0.4) is 0 Å². The third-order valence-electron chi connectivity index (χ3n) is 3.72. The van der Waals surface area contributed by atoms with Crippen molar-refractivity contribution in [2.75, 3.05) is 33.4 Å². The van der Waals surface area contributed by atoms with E-state index < -0.39 is 15.3 Å². The van der Waals surface area contributed by atoms with Gasteiger partial charge in [0, 0.05) is 39.2 Å². The van der Waals surface area contributed by atoms with Gasteiger partial charge in [0.15, 0.2) is 0 Å². The maximum Gasteiger partial charge on any atom is 0.221 e. The summed E-state index contributed by atoms with van der Waals surface area (Å²) in [6.07, 6.45) is 2.86. The molecule has 132 valence electrons. The third kappa shape index (κ3) is 6.00. The van der Waals surface area contributed by atoms with Gasteiger partial charge in [0.2, 0.25) is 15.9 Å². The fourth-order valence-corrected chi connectivity index (χ4v) is 4.27. The van der Waals surface area contributed by atoms with Gasteiger partial charge in [-0.15, -0.1) is 12.4 Å². The van der Waals surface area contributed by atoms with Crippen LogP contribution in [0.2, 0.25) is 0 Å². The van der Waals surface area contributed by atoms with Crippen molar-refractivity contribution in [2.24, 2.45) is 5.73 Å². The van der Waals surface area contributed by atoms with Crippen molar-refractivity contribution in [1.29, 1.82) is 0 Å². The lowest BCUT2D eigenvalue weighted by Gasteiger charge is -2.36. The van der Waals surface area contributed by atoms with E-state index in [4.69, 9.17) is 10.5 Å². The number of carbonyl (C=O) groups excluding carboxylic acids is 1. The molecule has 1 heterocycles. The average Bonchev–Trinajstić information content (AvgIpc) is 2.46. The summed E-state index contributed by atoms with van der Waals surface area (Å²) < 4.78 is 31.6. The van der Waals surface area contributed by atoms with E-state index in [1.165, 1.54) is 11.4 Å². The zero-order valence-corrected chi connectivity index (χ0v) is 14.9. The zero-order chi connectivity index (χ0) is 15.9. The van der Waals surface area contributed by atoms with E-state index in [2.05, 4.69) is 5.32 Å². The monoisotopic (exact) mass is 357 g/mol. The smallest absolute Gasteiger partial charge is 0.221 e. The molecule has 0 radical (unpaired) electrons. The first-order valence-electron chi connectivity index (χ1n) is 7.39. The molecule has 1 saturated heterocycles. The quantitative estimate of drug-likeness (QED) is 0.641. The first kappa shape index (κ1) is 21.6. The molecule has 9 heteroatoms. The number of ether oxygens (including phenoxy) is 1. The topological polar surface area (TPSA) is 102 Å². The molecule has 0 saturated carbocycles. The molecule has 0 aromatic carbocycles. The molecule has 2 unspecified atom stereocenters. The Morgan fingerprint density at radius 2 is 2.14 bits per heavy atom. The zero-order valence-electron chi connectivity index (χ0n) is 13.3. The van der Waals surface area contributed by atoms with Gasteiger partial charge in [-0.2, -0.15) is 4.31 Å². The van der Waals surface area contributed by atoms with Crippen LogP contribution in [0.5, 0.6) is 0 Å². The maximum atomic E-state index is 12.6. The Balaban J connectivity index is 0.00000441. The Kier molecular flexibility index (Phi) is 10.2. The Hall–Kier alpha value is -0.410. The van der Waals surface area contributed by atoms with Crippen molar-refractivity contribution in [3.8, 4) is 0 Å². The first-order chi connectivity index (χ1) is 9.93. The van der Waals surface area contributed by atoms with Crippen LogP contribution in [0.1, 0.15) is 32.6 Å². The molecule has 7 nitrogen and oxygen atoms in total. The summed E-state index contributed by atoms with van der Waals surface area (Å²) in [5, 5.41) is 2.19. The van der Waals surface area contributed by atoms with Crippen LogP contribution in [-0.2, 0) is 19.6 Å². The number of hydrogen-bond donors (Lipinski definition) is 2. The number of halogens is 1. The van der Waals surface area contributed by atoms with E-state index in [1.54, 1.807) is 6.92 Å². The molecule has 3 N–H and O–H groups in total. The second kappa shape index (κ2) is 10.4. The van der Waals surface area contributed by atoms with Gasteiger partial charge in [-0.3, -0.25) is 4.79 Å². The average molecular weight is 358 g/mol. The fourth-order valence-electron chi connectivity index (χ4n) is 2.52. The number of carbonyl (C=O) groups is 1. The van der Waals surface area contributed by atoms with Crippen LogP contribution in [0.25, 0.3) is 0 Å². The van der Waals surface area contributed by atoms with Crippen molar-refractivity contribution in [1.82, 2.24) is 9.62 Å². The largest absolute Gasteiger partial charge is 0.383 e. The van der Waals surface area contributed by atoms with Gasteiger partial charge in [-0.1, -0.05) is 6.42 Å². The maximum absolute atomic E-state index is 12.6. The second-order valence-electron chi connectivity index (χ2n) is 5.41. The van der Waals surface area contributed by atoms with E-state index in [1.807, 2.05) is 0 Å². The van der Waals surface area contributed by atoms with Gasteiger partial charge >= 0.3 is 0 Å². The predicted octanol–water partition coefficient (Wildman–Crippen LogP) is 0.0924. The SMILES string of the molecule is COCC(C)S(=O)(=O)N1CCCCC1CNC(=O)CCN.Cl. The highest BCUT2D eigenvalue weighted by Crippen LogP contribution is 2.22. The van der Waals surface area contributed by atoms with E-state index in [-0.39, 0.29) is 37.4 Å². The third-order valence-corrected chi connectivity index (χ3v) is 6.00. The summed E-state index contributed by atoms with van der Waals surface area (Å²) in [5.74, 6) is -0.134. The fraction of sp³-hybridized carbons (Fsp3) is 0.923. The molecule has 1 aliphatic heterocycles. The molecule has 0 aliphatic carbocycles. The lowest BCUT2D eigenvalue weighted by atomic mass is 10.1. The molecule has 2 atom stereocenters. The minimum atomic E-state index is -3.40. The Morgan fingerprint density at radius 3 is 2.73 bits per heavy atom. The van der Waals surface area contributed by atoms with Crippen molar-refractivity contribution < 1.29 is 17.9 Å². The van der Waals surface area contributed by atoms with Gasteiger partial charge in [0.1, 0.15) is 0 Å². The van der Waals surface area contributed by atoms with E-state index in [0.717, 1.165) is 19.3 Å². The summed E-state index contributed by atoms with van der Waals surface area (Å²) in [4.78, 5) is 11.5. The predicted molar refractivity (Wildman–Crippen MR) is 88.5 cm³/mol. The number of nitrogens with one attached hydrogen (secondary N) is 1. The minimum Gasteiger partial charge on any atom is -0.383 e. The van der Waals surface area contributed by atoms with Gasteiger partial charge in [0.05, 0.1) is 11.9 Å². The number of sulfonamides is 1. The minimum absolute atomic E-state index is 0. The highest BCUT2D eigenvalue weighted by molar-refractivity contribution is 7.89. The highest BCUT2D eigenvalue weighted by atomic mass is 35.5. The number of nitrogens with zero attached hydrogens (tertiary/aromatic N) is 1. The summed E-state index contributed by atoms with van der Waals surface area (Å²) in [5.41, 5.74) is 5.33. The lowest BCUT2D eigenvalue weighted by Crippen LogP contribution is -2.52. The van der Waals surface area contributed by atoms with E-state index >= 15 is 0 Å². The molecule has 0 bridgehead atoms. The van der Waals surface area contributed by atoms with Crippen LogP contribution in [0.4, 0.5) is 0 Å². The summed E-state index contributed by atoms with van der Waals surface area (Å²) in [6.45, 7) is 2.97. The van der Waals surface area contributed by atoms with Crippen molar-refractivity contribution in [3.05, 3.63) is 0 Å². The Bertz CT molecular complexity index is 433. The highest BCUT2D eigenvalue weighted by Gasteiger charge is 2.35. The molecule has 22 heavy (non-hydrogen) atoms. The molecule has 1 fully saturated rings. The van der Waals surface area contributed by atoms with Gasteiger partial charge in [-0.25, -0.2) is 8.42 Å². The summed E-state index contributed by atoms with van der Waals surface area (Å²) in [7, 11) is -1.91. The number of amides is 1. The molecular weight excluding hydrogens is 330 g/mol. The van der Waals surface area contributed by atoms with Crippen molar-refractivity contribution in [3.63, 3.8) is 0 Å². The summed E-state index contributed by atoms with van der Waals surface area (Å²) >= 11 is 0. The molecule has 0 aromatic heterocycles. The van der Waals surface area contributed by atoms with Gasteiger partial charge in [0.25, 0.3) is 0 Å². The van der Waals surface area contributed by atoms with Crippen LogP contribution < -0.4 is 11.1 Å². The van der Waals surface area contributed by atoms with Crippen LogP contribution in [0, 0.1) is 0 Å². The van der Waals surface area contributed by atoms with Gasteiger partial charge < -0.3 is 15.8 Å². The number of piperidine rings is 1. The lowest BCUT2D eigenvalue weighted by molar-refractivity contribution is -0.121. The normalized spacial score (nSPS) is 21.0. The first-order valence-corrected chi connectivity index (χ1v) is 8.90. The molecule has 0 spiro atoms. The van der Waals surface area contributed by atoms with Crippen LogP contribution in [-0.4, -0.2) is 63.3 Å². The molecule has 1 amide bonds. The van der Waals surface area contributed by atoms with Crippen LogP contribution in [0.15, 0.2) is 0 Å². The van der Waals surface area contributed by atoms with E-state index in [9.17, 15) is 13.2 Å². The Labute approximate surface area is 139 Å². The molecule has 1 aliphatic rings. The number of nitrogens with two attached hydrogens (primary N) is 1. The number of hydrogen-bond acceptors (Lipinski definition) is 5. The molecular formula is C13H28ClN3O4S. The molecule has 1 rings (SSSR count). The standard InChI is InChI=1S/C13H27N3O4S.ClH/c1-11(10-20-2)21(18,19)16-8-4-3-5-12(16)9-15-13(17)6-7-14;/h11-12H,3-10,14H2,1-2H3,(H,15,17);1H. The van der Waals surface area contributed by atoms with Crippen LogP contribution >= 0.6 is 12.4 Å². The Morgan fingerprint density at radius 1 is 1.45 bits per heavy atom. The van der Waals surface area contributed by atoms with Crippen molar-refractivity contribution >= 4 is 28.3 Å². The van der Waals surface area contributed by atoms with E-state index in [0.29, 0.717) is 19.6 Å². The van der Waals surface area contributed by atoms with Crippen molar-refractivity contribution in [2.45, 2.75) is 43.9 Å².